The van der Waals surface area contributed by atoms with Crippen molar-refractivity contribution in [2.45, 2.75) is 26.4 Å². The van der Waals surface area contributed by atoms with Crippen LogP contribution in [-0.2, 0) is 14.3 Å². The van der Waals surface area contributed by atoms with Crippen LogP contribution in [0.2, 0.25) is 0 Å². The fourth-order valence-electron chi connectivity index (χ4n) is 2.57. The Morgan fingerprint density at radius 2 is 1.94 bits per heavy atom. The molecule has 0 aromatic heterocycles. The van der Waals surface area contributed by atoms with E-state index in [1.807, 2.05) is 26.8 Å². The van der Waals surface area contributed by atoms with Crippen LogP contribution in [0.5, 0.6) is 0 Å². The van der Waals surface area contributed by atoms with Crippen molar-refractivity contribution < 1.29 is 14.3 Å². The number of hydrogen-bond donors (Lipinski definition) is 0. The molecule has 0 radical (unpaired) electrons. The van der Waals surface area contributed by atoms with Gasteiger partial charge in [0.15, 0.2) is 0 Å². The number of esters is 1. The lowest BCUT2D eigenvalue weighted by Gasteiger charge is -2.18. The maximum Gasteiger partial charge on any atom is 0.330 e. The number of carbonyl (C=O) groups excluding carboxylic acids is 1. The van der Waals surface area contributed by atoms with Crippen LogP contribution in [0.4, 0.5) is 0 Å². The molecule has 0 aliphatic carbocycles. The van der Waals surface area contributed by atoms with E-state index < -0.39 is 5.60 Å². The van der Waals surface area contributed by atoms with Gasteiger partial charge in [0.2, 0.25) is 0 Å². The van der Waals surface area contributed by atoms with Gasteiger partial charge in [-0.15, -0.1) is 0 Å². The van der Waals surface area contributed by atoms with Crippen LogP contribution in [0.1, 0.15) is 20.8 Å². The van der Waals surface area contributed by atoms with E-state index in [0.717, 1.165) is 32.8 Å². The molecule has 0 N–H and O–H groups in total. The molecular weight excluding hydrogens is 230 g/mol. The van der Waals surface area contributed by atoms with Gasteiger partial charge in [0.05, 0.1) is 13.2 Å². The van der Waals surface area contributed by atoms with E-state index in [0.29, 0.717) is 11.8 Å². The number of fused-ring (bicyclic) bond motifs is 1. The number of nitrogens with zero attached hydrogens (tertiary/aromatic N) is 1. The maximum absolute atomic E-state index is 11.5. The summed E-state index contributed by atoms with van der Waals surface area (Å²) in [5.41, 5.74) is -0.413. The van der Waals surface area contributed by atoms with Crippen molar-refractivity contribution in [2.24, 2.45) is 11.8 Å². The van der Waals surface area contributed by atoms with Crippen molar-refractivity contribution in [2.75, 3.05) is 32.8 Å². The maximum atomic E-state index is 11.5. The second-order valence-corrected chi connectivity index (χ2v) is 6.21. The first-order chi connectivity index (χ1) is 8.44. The van der Waals surface area contributed by atoms with Gasteiger partial charge in [-0.1, -0.05) is 6.08 Å². The summed E-state index contributed by atoms with van der Waals surface area (Å²) in [4.78, 5) is 13.9. The average Bonchev–Trinajstić information content (AvgIpc) is 2.74. The smallest absolute Gasteiger partial charge is 0.330 e. The molecule has 2 heterocycles. The number of carbonyl (C=O) groups is 1. The summed E-state index contributed by atoms with van der Waals surface area (Å²) < 4.78 is 10.7. The molecule has 2 atom stereocenters. The third-order valence-electron chi connectivity index (χ3n) is 3.34. The zero-order valence-electron chi connectivity index (χ0n) is 11.5. The molecular formula is C14H23NO3. The predicted octanol–water partition coefficient (Wildman–Crippen LogP) is 1.46. The molecule has 0 amide bonds. The molecule has 2 fully saturated rings. The summed E-state index contributed by atoms with van der Waals surface area (Å²) in [5, 5.41) is 0. The largest absolute Gasteiger partial charge is 0.457 e. The lowest BCUT2D eigenvalue weighted by Crippen LogP contribution is -2.24. The number of rotatable bonds is 3. The molecule has 4 nitrogen and oxygen atoms in total. The fraction of sp³-hybridized carbons (Fsp3) is 0.786. The van der Waals surface area contributed by atoms with Crippen LogP contribution in [0.25, 0.3) is 0 Å². The molecule has 0 bridgehead atoms. The summed E-state index contributed by atoms with van der Waals surface area (Å²) in [6.07, 6.45) is 3.44. The highest BCUT2D eigenvalue weighted by molar-refractivity contribution is 5.82. The topological polar surface area (TPSA) is 38.8 Å². The zero-order valence-corrected chi connectivity index (χ0v) is 11.5. The quantitative estimate of drug-likeness (QED) is 0.564. The summed E-state index contributed by atoms with van der Waals surface area (Å²) >= 11 is 0. The Morgan fingerprint density at radius 1 is 1.33 bits per heavy atom. The van der Waals surface area contributed by atoms with Crippen LogP contribution >= 0.6 is 0 Å². The molecule has 2 aliphatic rings. The highest BCUT2D eigenvalue weighted by Crippen LogP contribution is 2.28. The molecule has 0 aromatic carbocycles. The molecule has 102 valence electrons. The fourth-order valence-corrected chi connectivity index (χ4v) is 2.57. The summed E-state index contributed by atoms with van der Waals surface area (Å²) in [7, 11) is 0. The Bertz CT molecular complexity index is 320. The molecule has 2 aliphatic heterocycles. The highest BCUT2D eigenvalue weighted by Gasteiger charge is 2.36. The minimum Gasteiger partial charge on any atom is -0.457 e. The molecule has 18 heavy (non-hydrogen) atoms. The molecule has 0 aromatic rings. The molecule has 4 heteroatoms. The van der Waals surface area contributed by atoms with E-state index in [1.54, 1.807) is 0 Å². The molecule has 2 saturated heterocycles. The van der Waals surface area contributed by atoms with Crippen molar-refractivity contribution in [3.8, 4) is 0 Å². The van der Waals surface area contributed by atoms with Gasteiger partial charge in [-0.25, -0.2) is 4.79 Å². The highest BCUT2D eigenvalue weighted by atomic mass is 16.6. The lowest BCUT2D eigenvalue weighted by molar-refractivity contribution is -0.148. The van der Waals surface area contributed by atoms with Crippen LogP contribution in [0.3, 0.4) is 0 Å². The number of likely N-dealkylation sites (tertiary alicyclic amines) is 1. The second kappa shape index (κ2) is 5.41. The van der Waals surface area contributed by atoms with Gasteiger partial charge in [0.25, 0.3) is 0 Å². The minimum atomic E-state index is -0.413. The first-order valence-corrected chi connectivity index (χ1v) is 6.63. The Labute approximate surface area is 109 Å². The van der Waals surface area contributed by atoms with Crippen molar-refractivity contribution in [1.82, 2.24) is 4.90 Å². The van der Waals surface area contributed by atoms with Gasteiger partial charge < -0.3 is 9.47 Å². The molecule has 0 spiro atoms. The summed E-state index contributed by atoms with van der Waals surface area (Å²) in [6.45, 7) is 10.4. The molecule has 2 rings (SSSR count). The van der Waals surface area contributed by atoms with E-state index in [9.17, 15) is 4.79 Å². The molecule has 1 unspecified atom stereocenters. The van der Waals surface area contributed by atoms with Crippen LogP contribution in [-0.4, -0.2) is 49.3 Å². The van der Waals surface area contributed by atoms with E-state index in [4.69, 9.17) is 9.47 Å². The Kier molecular flexibility index (Phi) is 4.07. The SMILES string of the molecule is CC(C)(C)OC(=O)/C=C/CN1CC2COC[C@H]2C1. The van der Waals surface area contributed by atoms with Crippen molar-refractivity contribution in [3.05, 3.63) is 12.2 Å². The Balaban J connectivity index is 1.70. The van der Waals surface area contributed by atoms with E-state index in [-0.39, 0.29) is 5.97 Å². The van der Waals surface area contributed by atoms with Gasteiger partial charge in [-0.3, -0.25) is 4.90 Å². The first kappa shape index (κ1) is 13.6. The predicted molar refractivity (Wildman–Crippen MR) is 69.2 cm³/mol. The third kappa shape index (κ3) is 3.82. The zero-order chi connectivity index (χ0) is 13.2. The Hall–Kier alpha value is -0.870. The van der Waals surface area contributed by atoms with Crippen molar-refractivity contribution in [3.63, 3.8) is 0 Å². The van der Waals surface area contributed by atoms with Gasteiger partial charge in [0.1, 0.15) is 5.60 Å². The van der Waals surface area contributed by atoms with E-state index >= 15 is 0 Å². The van der Waals surface area contributed by atoms with Crippen molar-refractivity contribution >= 4 is 5.97 Å². The average molecular weight is 253 g/mol. The van der Waals surface area contributed by atoms with Crippen LogP contribution < -0.4 is 0 Å². The van der Waals surface area contributed by atoms with Gasteiger partial charge >= 0.3 is 5.97 Å². The van der Waals surface area contributed by atoms with Gasteiger partial charge in [0, 0.05) is 37.5 Å². The van der Waals surface area contributed by atoms with Crippen molar-refractivity contribution in [1.29, 1.82) is 0 Å². The minimum absolute atomic E-state index is 0.259. The van der Waals surface area contributed by atoms with Gasteiger partial charge in [-0.05, 0) is 20.8 Å². The van der Waals surface area contributed by atoms with E-state index in [1.165, 1.54) is 6.08 Å². The summed E-state index contributed by atoms with van der Waals surface area (Å²) in [6, 6.07) is 0. The number of ether oxygens (including phenoxy) is 2. The van der Waals surface area contributed by atoms with Crippen LogP contribution in [0.15, 0.2) is 12.2 Å². The molecule has 0 saturated carbocycles. The van der Waals surface area contributed by atoms with E-state index in [2.05, 4.69) is 4.90 Å². The second-order valence-electron chi connectivity index (χ2n) is 6.21. The van der Waals surface area contributed by atoms with Crippen LogP contribution in [0, 0.1) is 11.8 Å². The third-order valence-corrected chi connectivity index (χ3v) is 3.34. The van der Waals surface area contributed by atoms with Gasteiger partial charge in [-0.2, -0.15) is 0 Å². The standard InChI is InChI=1S/C14H23NO3/c1-14(2,3)18-13(16)5-4-6-15-7-11-9-17-10-12(11)8-15/h4-5,11-12H,6-10H2,1-3H3/b5-4+/t11-,12?/m1/s1. The normalized spacial score (nSPS) is 28.8. The number of hydrogen-bond acceptors (Lipinski definition) is 4. The lowest BCUT2D eigenvalue weighted by atomic mass is 10.0. The summed E-state index contributed by atoms with van der Waals surface area (Å²) in [5.74, 6) is 1.13. The monoisotopic (exact) mass is 253 g/mol. The first-order valence-electron chi connectivity index (χ1n) is 6.63. The Morgan fingerprint density at radius 3 is 2.50 bits per heavy atom.